The van der Waals surface area contributed by atoms with Crippen molar-refractivity contribution in [3.8, 4) is 0 Å². The Labute approximate surface area is 128 Å². The molecule has 1 aromatic carbocycles. The van der Waals surface area contributed by atoms with Gasteiger partial charge in [0, 0.05) is 32.6 Å². The van der Waals surface area contributed by atoms with E-state index in [1.165, 1.54) is 18.5 Å². The maximum absolute atomic E-state index is 13.6. The van der Waals surface area contributed by atoms with Crippen molar-refractivity contribution in [3.63, 3.8) is 0 Å². The number of anilines is 1. The van der Waals surface area contributed by atoms with Crippen molar-refractivity contribution in [1.29, 1.82) is 0 Å². The summed E-state index contributed by atoms with van der Waals surface area (Å²) in [5, 5.41) is 0.695. The first-order valence-corrected chi connectivity index (χ1v) is 7.42. The van der Waals surface area contributed by atoms with Crippen molar-refractivity contribution in [1.82, 2.24) is 14.9 Å². The van der Waals surface area contributed by atoms with E-state index in [2.05, 4.69) is 14.9 Å². The molecule has 1 aromatic heterocycles. The van der Waals surface area contributed by atoms with Gasteiger partial charge >= 0.3 is 0 Å². The fraction of sp³-hybridized carbons (Fsp3) is 0.438. The number of benzene rings is 1. The number of amides is 1. The Bertz CT molecular complexity index is 704. The van der Waals surface area contributed by atoms with Gasteiger partial charge in [-0.1, -0.05) is 0 Å². The molecular formula is C16H19FN4O. The van der Waals surface area contributed by atoms with Gasteiger partial charge in [0.1, 0.15) is 18.0 Å². The Morgan fingerprint density at radius 1 is 1.36 bits per heavy atom. The molecule has 1 atom stereocenters. The van der Waals surface area contributed by atoms with Crippen molar-refractivity contribution in [2.45, 2.75) is 12.8 Å². The summed E-state index contributed by atoms with van der Waals surface area (Å²) in [5.41, 5.74) is 0.715. The minimum absolute atomic E-state index is 0.0395. The Hall–Kier alpha value is -2.24. The zero-order valence-corrected chi connectivity index (χ0v) is 12.8. The molecule has 0 aliphatic carbocycles. The van der Waals surface area contributed by atoms with Gasteiger partial charge in [0.15, 0.2) is 0 Å². The van der Waals surface area contributed by atoms with Gasteiger partial charge in [0.2, 0.25) is 5.91 Å². The number of aromatic nitrogens is 2. The van der Waals surface area contributed by atoms with Crippen LogP contribution in [0.2, 0.25) is 0 Å². The maximum Gasteiger partial charge on any atom is 0.226 e. The molecule has 0 radical (unpaired) electrons. The van der Waals surface area contributed by atoms with Crippen LogP contribution in [0.25, 0.3) is 10.9 Å². The molecule has 1 fully saturated rings. The fourth-order valence-electron chi connectivity index (χ4n) is 3.00. The molecular weight excluding hydrogens is 283 g/mol. The second-order valence-electron chi connectivity index (χ2n) is 5.88. The van der Waals surface area contributed by atoms with Crippen LogP contribution in [0.5, 0.6) is 0 Å². The molecule has 1 aliphatic rings. The summed E-state index contributed by atoms with van der Waals surface area (Å²) in [6, 6.07) is 4.51. The van der Waals surface area contributed by atoms with E-state index in [1.807, 2.05) is 0 Å². The number of piperidine rings is 1. The summed E-state index contributed by atoms with van der Waals surface area (Å²) in [6.45, 7) is 1.43. The third kappa shape index (κ3) is 2.73. The predicted molar refractivity (Wildman–Crippen MR) is 83.1 cm³/mol. The van der Waals surface area contributed by atoms with Crippen molar-refractivity contribution < 1.29 is 9.18 Å². The van der Waals surface area contributed by atoms with E-state index in [-0.39, 0.29) is 17.6 Å². The van der Waals surface area contributed by atoms with E-state index in [9.17, 15) is 9.18 Å². The Morgan fingerprint density at radius 3 is 2.95 bits per heavy atom. The molecule has 1 saturated heterocycles. The van der Waals surface area contributed by atoms with Crippen molar-refractivity contribution >= 4 is 22.6 Å². The standard InChI is InChI=1S/C16H19FN4O/c1-20(2)16(22)11-4-3-7-21(9-11)15-13-8-12(17)5-6-14(13)18-10-19-15/h5-6,8,10-11H,3-4,7,9H2,1-2H3. The van der Waals surface area contributed by atoms with Crippen LogP contribution in [0.1, 0.15) is 12.8 Å². The van der Waals surface area contributed by atoms with Crippen LogP contribution in [-0.2, 0) is 4.79 Å². The number of hydrogen-bond donors (Lipinski definition) is 0. The first-order chi connectivity index (χ1) is 10.6. The largest absolute Gasteiger partial charge is 0.355 e. The van der Waals surface area contributed by atoms with E-state index in [0.717, 1.165) is 19.4 Å². The lowest BCUT2D eigenvalue weighted by atomic mass is 9.96. The first-order valence-electron chi connectivity index (χ1n) is 7.42. The topological polar surface area (TPSA) is 49.3 Å². The summed E-state index contributed by atoms with van der Waals surface area (Å²) in [7, 11) is 3.55. The van der Waals surface area contributed by atoms with Gasteiger partial charge in [-0.15, -0.1) is 0 Å². The monoisotopic (exact) mass is 302 g/mol. The van der Waals surface area contributed by atoms with E-state index in [1.54, 1.807) is 25.1 Å². The number of fused-ring (bicyclic) bond motifs is 1. The zero-order chi connectivity index (χ0) is 15.7. The average Bonchev–Trinajstić information content (AvgIpc) is 2.53. The van der Waals surface area contributed by atoms with Crippen LogP contribution in [0.4, 0.5) is 10.2 Å². The highest BCUT2D eigenvalue weighted by molar-refractivity contribution is 5.89. The number of halogens is 1. The molecule has 116 valence electrons. The summed E-state index contributed by atoms with van der Waals surface area (Å²) in [5.74, 6) is 0.499. The number of carbonyl (C=O) groups is 1. The molecule has 5 nitrogen and oxygen atoms in total. The van der Waals surface area contributed by atoms with Crippen LogP contribution in [0.15, 0.2) is 24.5 Å². The molecule has 3 rings (SSSR count). The quantitative estimate of drug-likeness (QED) is 0.852. The van der Waals surface area contributed by atoms with Gasteiger partial charge in [-0.3, -0.25) is 4.79 Å². The summed E-state index contributed by atoms with van der Waals surface area (Å²) in [6.07, 6.45) is 3.29. The molecule has 0 N–H and O–H groups in total. The smallest absolute Gasteiger partial charge is 0.226 e. The summed E-state index contributed by atoms with van der Waals surface area (Å²) < 4.78 is 13.6. The van der Waals surface area contributed by atoms with Gasteiger partial charge in [-0.05, 0) is 31.0 Å². The number of nitrogens with zero attached hydrogens (tertiary/aromatic N) is 4. The fourth-order valence-corrected chi connectivity index (χ4v) is 3.00. The van der Waals surface area contributed by atoms with Gasteiger partial charge < -0.3 is 9.80 Å². The highest BCUT2D eigenvalue weighted by Gasteiger charge is 2.28. The highest BCUT2D eigenvalue weighted by atomic mass is 19.1. The molecule has 0 saturated carbocycles. The second-order valence-corrected chi connectivity index (χ2v) is 5.88. The van der Waals surface area contributed by atoms with Gasteiger partial charge in [-0.25, -0.2) is 14.4 Å². The summed E-state index contributed by atoms with van der Waals surface area (Å²) >= 11 is 0. The maximum atomic E-state index is 13.6. The molecule has 1 unspecified atom stereocenters. The van der Waals surface area contributed by atoms with E-state index < -0.39 is 0 Å². The van der Waals surface area contributed by atoms with Crippen LogP contribution < -0.4 is 4.90 Å². The van der Waals surface area contributed by atoms with Crippen LogP contribution in [0, 0.1) is 11.7 Å². The molecule has 0 spiro atoms. The first kappa shape index (κ1) is 14.7. The van der Waals surface area contributed by atoms with Crippen LogP contribution >= 0.6 is 0 Å². The van der Waals surface area contributed by atoms with E-state index in [0.29, 0.717) is 23.3 Å². The Morgan fingerprint density at radius 2 is 2.18 bits per heavy atom. The SMILES string of the molecule is CN(C)C(=O)C1CCCN(c2ncnc3ccc(F)cc23)C1. The molecule has 2 heterocycles. The van der Waals surface area contributed by atoms with Crippen LogP contribution in [-0.4, -0.2) is 48.0 Å². The lowest BCUT2D eigenvalue weighted by Crippen LogP contribution is -2.43. The normalized spacial score (nSPS) is 18.5. The number of hydrogen-bond acceptors (Lipinski definition) is 4. The minimum atomic E-state index is -0.304. The second kappa shape index (κ2) is 5.87. The number of rotatable bonds is 2. The average molecular weight is 302 g/mol. The lowest BCUT2D eigenvalue weighted by Gasteiger charge is -2.34. The third-order valence-electron chi connectivity index (χ3n) is 4.09. The van der Waals surface area contributed by atoms with E-state index in [4.69, 9.17) is 0 Å². The van der Waals surface area contributed by atoms with Crippen molar-refractivity contribution in [2.75, 3.05) is 32.1 Å². The van der Waals surface area contributed by atoms with E-state index >= 15 is 0 Å². The third-order valence-corrected chi connectivity index (χ3v) is 4.09. The Balaban J connectivity index is 1.93. The van der Waals surface area contributed by atoms with Crippen LogP contribution in [0.3, 0.4) is 0 Å². The Kier molecular flexibility index (Phi) is 3.92. The molecule has 1 aliphatic heterocycles. The molecule has 1 amide bonds. The summed E-state index contributed by atoms with van der Waals surface area (Å²) in [4.78, 5) is 24.4. The molecule has 6 heteroatoms. The predicted octanol–water partition coefficient (Wildman–Crippen LogP) is 2.07. The van der Waals surface area contributed by atoms with Gasteiger partial charge in [0.05, 0.1) is 11.4 Å². The molecule has 22 heavy (non-hydrogen) atoms. The minimum Gasteiger partial charge on any atom is -0.355 e. The molecule has 2 aromatic rings. The van der Waals surface area contributed by atoms with Gasteiger partial charge in [-0.2, -0.15) is 0 Å². The van der Waals surface area contributed by atoms with Gasteiger partial charge in [0.25, 0.3) is 0 Å². The number of carbonyl (C=O) groups excluding carboxylic acids is 1. The highest BCUT2D eigenvalue weighted by Crippen LogP contribution is 2.28. The van der Waals surface area contributed by atoms with Crippen molar-refractivity contribution in [2.24, 2.45) is 5.92 Å². The van der Waals surface area contributed by atoms with Crippen molar-refractivity contribution in [3.05, 3.63) is 30.3 Å². The lowest BCUT2D eigenvalue weighted by molar-refractivity contribution is -0.133. The molecule has 0 bridgehead atoms. The zero-order valence-electron chi connectivity index (χ0n) is 12.8.